The number of aryl methyl sites for hydroxylation is 1. The first kappa shape index (κ1) is 27.6. The molecule has 5 heteroatoms. The second-order valence-electron chi connectivity index (χ2n) is 10.7. The summed E-state index contributed by atoms with van der Waals surface area (Å²) >= 11 is 0. The quantitative estimate of drug-likeness (QED) is 0.347. The van der Waals surface area contributed by atoms with E-state index in [2.05, 4.69) is 24.1 Å². The van der Waals surface area contributed by atoms with E-state index >= 15 is 4.39 Å². The zero-order chi connectivity index (χ0) is 25.9. The van der Waals surface area contributed by atoms with Gasteiger partial charge in [0.25, 0.3) is 0 Å². The first-order valence-corrected chi connectivity index (χ1v) is 14.0. The highest BCUT2D eigenvalue weighted by atomic mass is 32.2. The Bertz CT molecular complexity index is 1040. The minimum absolute atomic E-state index is 0.0193. The summed E-state index contributed by atoms with van der Waals surface area (Å²) in [5, 5.41) is 0.0915. The lowest BCUT2D eigenvalue weighted by Gasteiger charge is -2.48. The monoisotopic (exact) mass is 499 g/mol. The molecule has 0 radical (unpaired) electrons. The van der Waals surface area contributed by atoms with Crippen molar-refractivity contribution in [2.45, 2.75) is 89.6 Å². The van der Waals surface area contributed by atoms with Gasteiger partial charge in [0.2, 0.25) is 0 Å². The Hall–Kier alpha value is -1.98. The summed E-state index contributed by atoms with van der Waals surface area (Å²) in [5.41, 5.74) is 4.94. The van der Waals surface area contributed by atoms with Gasteiger partial charge in [0.15, 0.2) is 0 Å². The summed E-state index contributed by atoms with van der Waals surface area (Å²) in [7, 11) is -1.00. The SMILES string of the molecule is C=C/C=C(/F)C1=C(C)C(OC(C)C)CC2(CCN(C(=C)c3ccc(S(=O)C(C)C)c(C)c3)CC2)C1. The summed E-state index contributed by atoms with van der Waals surface area (Å²) in [6, 6.07) is 6.14. The average Bonchev–Trinajstić information content (AvgIpc) is 2.80. The average molecular weight is 500 g/mol. The second kappa shape index (κ2) is 11.4. The first-order valence-electron chi connectivity index (χ1n) is 12.8. The van der Waals surface area contributed by atoms with Gasteiger partial charge in [-0.05, 0) is 99.3 Å². The van der Waals surface area contributed by atoms with Crippen LogP contribution in [0.3, 0.4) is 0 Å². The van der Waals surface area contributed by atoms with Gasteiger partial charge < -0.3 is 9.64 Å². The smallest absolute Gasteiger partial charge is 0.126 e. The summed E-state index contributed by atoms with van der Waals surface area (Å²) in [6.07, 6.45) is 6.63. The highest BCUT2D eigenvalue weighted by Crippen LogP contribution is 2.50. The van der Waals surface area contributed by atoms with Crippen LogP contribution in [-0.2, 0) is 15.5 Å². The van der Waals surface area contributed by atoms with E-state index in [1.165, 1.54) is 12.2 Å². The topological polar surface area (TPSA) is 29.5 Å². The van der Waals surface area contributed by atoms with E-state index in [9.17, 15) is 4.21 Å². The molecule has 3 rings (SSSR count). The maximum atomic E-state index is 15.0. The molecule has 0 amide bonds. The zero-order valence-corrected chi connectivity index (χ0v) is 23.1. The summed E-state index contributed by atoms with van der Waals surface area (Å²) in [5.74, 6) is -0.185. The maximum Gasteiger partial charge on any atom is 0.126 e. The molecule has 192 valence electrons. The molecule has 1 aromatic rings. The fourth-order valence-electron chi connectivity index (χ4n) is 5.41. The largest absolute Gasteiger partial charge is 0.371 e. The lowest BCUT2D eigenvalue weighted by Crippen LogP contribution is -2.44. The molecule has 1 aliphatic carbocycles. The van der Waals surface area contributed by atoms with Gasteiger partial charge in [-0.15, -0.1) is 0 Å². The van der Waals surface area contributed by atoms with Crippen molar-refractivity contribution in [2.24, 2.45) is 5.41 Å². The molecule has 0 aromatic heterocycles. The summed E-state index contributed by atoms with van der Waals surface area (Å²) in [6.45, 7) is 21.9. The second-order valence-corrected chi connectivity index (χ2v) is 12.7. The number of hydrogen-bond acceptors (Lipinski definition) is 3. The molecule has 3 nitrogen and oxygen atoms in total. The van der Waals surface area contributed by atoms with E-state index in [-0.39, 0.29) is 28.7 Å². The first-order chi connectivity index (χ1) is 16.5. The molecule has 0 bridgehead atoms. The molecule has 1 heterocycles. The molecule has 1 saturated heterocycles. The van der Waals surface area contributed by atoms with Crippen molar-refractivity contribution < 1.29 is 13.3 Å². The lowest BCUT2D eigenvalue weighted by molar-refractivity contribution is -0.0213. The number of ether oxygens (including phenoxy) is 1. The van der Waals surface area contributed by atoms with Crippen molar-refractivity contribution in [3.63, 3.8) is 0 Å². The van der Waals surface area contributed by atoms with E-state index < -0.39 is 10.8 Å². The molecule has 1 aromatic carbocycles. The Kier molecular flexibility index (Phi) is 8.98. The van der Waals surface area contributed by atoms with Crippen LogP contribution < -0.4 is 0 Å². The van der Waals surface area contributed by atoms with Gasteiger partial charge in [-0.25, -0.2) is 4.39 Å². The predicted molar refractivity (Wildman–Crippen MR) is 146 cm³/mol. The van der Waals surface area contributed by atoms with Gasteiger partial charge in [-0.3, -0.25) is 4.21 Å². The van der Waals surface area contributed by atoms with Crippen LogP contribution >= 0.6 is 0 Å². The third-order valence-corrected chi connectivity index (χ3v) is 9.22. The number of piperidine rings is 1. The Balaban J connectivity index is 1.77. The number of nitrogens with zero attached hydrogens (tertiary/aromatic N) is 1. The molecule has 35 heavy (non-hydrogen) atoms. The molecular formula is C30H42FNO2S. The fourth-order valence-corrected chi connectivity index (χ4v) is 6.49. The minimum Gasteiger partial charge on any atom is -0.371 e. The Morgan fingerprint density at radius 1 is 1.23 bits per heavy atom. The number of halogens is 1. The molecule has 1 spiro atoms. The van der Waals surface area contributed by atoms with Crippen LogP contribution in [0.2, 0.25) is 0 Å². The van der Waals surface area contributed by atoms with E-state index in [1.807, 2.05) is 53.7 Å². The van der Waals surface area contributed by atoms with Gasteiger partial charge in [0.05, 0.1) is 23.0 Å². The van der Waals surface area contributed by atoms with Crippen molar-refractivity contribution in [3.8, 4) is 0 Å². The molecule has 2 unspecified atom stereocenters. The standard InChI is InChI=1S/C30H42FNO2S/c1-9-10-27(31)26-18-30(19-28(23(26)7)34-20(2)3)13-15-32(16-14-30)24(8)25-11-12-29(22(6)17-25)35(33)21(4)5/h9-12,17,20-21,28H,1,8,13-16,18-19H2,2-7H3/b27-10+. The molecule has 1 aliphatic heterocycles. The van der Waals surface area contributed by atoms with Gasteiger partial charge >= 0.3 is 0 Å². The number of rotatable bonds is 8. The van der Waals surface area contributed by atoms with E-state index in [0.29, 0.717) is 0 Å². The van der Waals surface area contributed by atoms with Crippen LogP contribution in [-0.4, -0.2) is 39.7 Å². The van der Waals surface area contributed by atoms with Gasteiger partial charge in [-0.2, -0.15) is 0 Å². The maximum absolute atomic E-state index is 15.0. The van der Waals surface area contributed by atoms with Crippen LogP contribution in [0.4, 0.5) is 4.39 Å². The molecule has 0 saturated carbocycles. The van der Waals surface area contributed by atoms with Crippen molar-refractivity contribution in [1.82, 2.24) is 4.90 Å². The molecule has 1 fully saturated rings. The van der Waals surface area contributed by atoms with Gasteiger partial charge in [0.1, 0.15) is 5.83 Å². The fraction of sp³-hybridized carbons (Fsp3) is 0.533. The predicted octanol–water partition coefficient (Wildman–Crippen LogP) is 7.51. The zero-order valence-electron chi connectivity index (χ0n) is 22.3. The number of allylic oxidation sites excluding steroid dienone is 4. The summed E-state index contributed by atoms with van der Waals surface area (Å²) in [4.78, 5) is 3.25. The number of likely N-dealkylation sites (tertiary alicyclic amines) is 1. The van der Waals surface area contributed by atoms with Crippen LogP contribution in [0.15, 0.2) is 65.4 Å². The minimum atomic E-state index is -1.00. The van der Waals surface area contributed by atoms with E-state index in [4.69, 9.17) is 4.74 Å². The Labute approximate surface area is 214 Å². The van der Waals surface area contributed by atoms with Crippen LogP contribution in [0.5, 0.6) is 0 Å². The molecule has 2 atom stereocenters. The third-order valence-electron chi connectivity index (χ3n) is 7.48. The van der Waals surface area contributed by atoms with Crippen LogP contribution in [0.25, 0.3) is 5.70 Å². The summed E-state index contributed by atoms with van der Waals surface area (Å²) < 4.78 is 33.9. The molecular weight excluding hydrogens is 457 g/mol. The van der Waals surface area contributed by atoms with Gasteiger partial charge in [-0.1, -0.05) is 39.1 Å². The highest BCUT2D eigenvalue weighted by Gasteiger charge is 2.43. The highest BCUT2D eigenvalue weighted by molar-refractivity contribution is 7.85. The molecule has 2 aliphatic rings. The van der Waals surface area contributed by atoms with Crippen LogP contribution in [0.1, 0.15) is 71.4 Å². The van der Waals surface area contributed by atoms with Gasteiger partial charge in [0, 0.05) is 28.9 Å². The van der Waals surface area contributed by atoms with Crippen molar-refractivity contribution in [3.05, 3.63) is 71.6 Å². The van der Waals surface area contributed by atoms with Crippen LogP contribution in [0, 0.1) is 12.3 Å². The molecule has 0 N–H and O–H groups in total. The van der Waals surface area contributed by atoms with E-state index in [1.54, 1.807) is 0 Å². The third kappa shape index (κ3) is 6.24. The van der Waals surface area contributed by atoms with Crippen molar-refractivity contribution >= 4 is 16.5 Å². The van der Waals surface area contributed by atoms with Crippen molar-refractivity contribution in [1.29, 1.82) is 0 Å². The Morgan fingerprint density at radius 2 is 1.89 bits per heavy atom. The lowest BCUT2D eigenvalue weighted by atomic mass is 9.65. The van der Waals surface area contributed by atoms with E-state index in [0.717, 1.165) is 71.6 Å². The Morgan fingerprint density at radius 3 is 2.43 bits per heavy atom. The normalized spacial score (nSPS) is 21.7. The van der Waals surface area contributed by atoms with Crippen molar-refractivity contribution in [2.75, 3.05) is 13.1 Å². The number of hydrogen-bond donors (Lipinski definition) is 0. The number of benzene rings is 1.